The highest BCUT2D eigenvalue weighted by Crippen LogP contribution is 2.27. The molecular formula is C22H17N3O3. The molecule has 4 rings (SSSR count). The molecule has 0 aliphatic carbocycles. The summed E-state index contributed by atoms with van der Waals surface area (Å²) in [5.41, 5.74) is 3.39. The molecule has 0 spiro atoms. The second-order valence-corrected chi connectivity index (χ2v) is 6.10. The van der Waals surface area contributed by atoms with E-state index in [1.807, 2.05) is 60.7 Å². The summed E-state index contributed by atoms with van der Waals surface area (Å²) < 4.78 is 6.32. The first-order valence-electron chi connectivity index (χ1n) is 8.64. The summed E-state index contributed by atoms with van der Waals surface area (Å²) in [6, 6.07) is 19.3. The summed E-state index contributed by atoms with van der Waals surface area (Å²) in [6.45, 7) is 0. The number of methoxy groups -OCH3 is 1. The lowest BCUT2D eigenvalue weighted by molar-refractivity contribution is -0.134. The summed E-state index contributed by atoms with van der Waals surface area (Å²) in [6.07, 6.45) is 4.17. The molecule has 0 bridgehead atoms. The minimum atomic E-state index is -0.632. The molecule has 0 amide bonds. The molecule has 138 valence electrons. The van der Waals surface area contributed by atoms with Crippen LogP contribution in [0.25, 0.3) is 39.2 Å². The highest BCUT2D eigenvalue weighted by molar-refractivity contribution is 6.11. The van der Waals surface area contributed by atoms with Crippen molar-refractivity contribution in [3.63, 3.8) is 0 Å². The Morgan fingerprint density at radius 3 is 2.64 bits per heavy atom. The quantitative estimate of drug-likeness (QED) is 0.329. The van der Waals surface area contributed by atoms with Crippen LogP contribution in [0.3, 0.4) is 0 Å². The average molecular weight is 371 g/mol. The van der Waals surface area contributed by atoms with E-state index in [1.54, 1.807) is 17.0 Å². The molecule has 6 nitrogen and oxygen atoms in total. The number of aliphatic hydroxyl groups excluding tert-OH is 1. The minimum Gasteiger partial charge on any atom is -0.513 e. The molecule has 0 aliphatic rings. The number of hydrogen-bond donors (Lipinski definition) is 1. The SMILES string of the molecule is COC(=O)C(=CO)n1ccc2ccc(-c3nccc(-c4ccccc4)n3)cc21. The zero-order valence-electron chi connectivity index (χ0n) is 15.1. The number of rotatable bonds is 4. The third kappa shape index (κ3) is 3.12. The number of nitrogens with zero attached hydrogens (tertiary/aromatic N) is 3. The fraction of sp³-hybridized carbons (Fsp3) is 0.0455. The lowest BCUT2D eigenvalue weighted by atomic mass is 10.1. The molecule has 28 heavy (non-hydrogen) atoms. The number of aliphatic hydroxyl groups is 1. The smallest absolute Gasteiger partial charge is 0.358 e. The van der Waals surface area contributed by atoms with E-state index in [2.05, 4.69) is 9.97 Å². The van der Waals surface area contributed by atoms with Gasteiger partial charge < -0.3 is 14.4 Å². The Kier molecular flexibility index (Phi) is 4.60. The predicted molar refractivity (Wildman–Crippen MR) is 107 cm³/mol. The van der Waals surface area contributed by atoms with Gasteiger partial charge in [0.25, 0.3) is 0 Å². The molecule has 4 aromatic rings. The predicted octanol–water partition coefficient (Wildman–Crippen LogP) is 4.29. The van der Waals surface area contributed by atoms with Gasteiger partial charge in [-0.2, -0.15) is 0 Å². The number of aromatic nitrogens is 3. The number of carbonyl (C=O) groups is 1. The van der Waals surface area contributed by atoms with E-state index in [1.165, 1.54) is 7.11 Å². The van der Waals surface area contributed by atoms with Gasteiger partial charge in [-0.15, -0.1) is 0 Å². The highest BCUT2D eigenvalue weighted by Gasteiger charge is 2.15. The maximum atomic E-state index is 11.9. The van der Waals surface area contributed by atoms with Crippen molar-refractivity contribution in [3.8, 4) is 22.6 Å². The Morgan fingerprint density at radius 1 is 1.07 bits per heavy atom. The van der Waals surface area contributed by atoms with E-state index < -0.39 is 5.97 Å². The first-order valence-corrected chi connectivity index (χ1v) is 8.64. The molecule has 2 heterocycles. The van der Waals surface area contributed by atoms with Crippen molar-refractivity contribution in [2.75, 3.05) is 7.11 Å². The number of benzene rings is 2. The molecule has 0 radical (unpaired) electrons. The molecule has 0 atom stereocenters. The molecule has 6 heteroatoms. The van der Waals surface area contributed by atoms with Gasteiger partial charge in [-0.05, 0) is 23.6 Å². The van der Waals surface area contributed by atoms with Crippen molar-refractivity contribution >= 4 is 22.6 Å². The lowest BCUT2D eigenvalue weighted by Crippen LogP contribution is -2.09. The Labute approximate surface area is 161 Å². The van der Waals surface area contributed by atoms with Crippen LogP contribution in [0, 0.1) is 0 Å². The summed E-state index contributed by atoms with van der Waals surface area (Å²) in [5, 5.41) is 10.4. The Morgan fingerprint density at radius 2 is 1.89 bits per heavy atom. The topological polar surface area (TPSA) is 77.2 Å². The van der Waals surface area contributed by atoms with Crippen molar-refractivity contribution in [3.05, 3.63) is 79.3 Å². The Hall–Kier alpha value is -3.93. The van der Waals surface area contributed by atoms with E-state index in [9.17, 15) is 9.90 Å². The zero-order chi connectivity index (χ0) is 19.5. The van der Waals surface area contributed by atoms with Crippen molar-refractivity contribution < 1.29 is 14.6 Å². The van der Waals surface area contributed by atoms with E-state index >= 15 is 0 Å². The monoisotopic (exact) mass is 371 g/mol. The van der Waals surface area contributed by atoms with Crippen LogP contribution >= 0.6 is 0 Å². The summed E-state index contributed by atoms with van der Waals surface area (Å²) >= 11 is 0. The highest BCUT2D eigenvalue weighted by atomic mass is 16.5. The van der Waals surface area contributed by atoms with Gasteiger partial charge in [-0.25, -0.2) is 14.8 Å². The van der Waals surface area contributed by atoms with Crippen LogP contribution in [0.2, 0.25) is 0 Å². The lowest BCUT2D eigenvalue weighted by Gasteiger charge is -2.09. The van der Waals surface area contributed by atoms with Crippen LogP contribution in [-0.4, -0.2) is 32.7 Å². The molecular weight excluding hydrogens is 354 g/mol. The number of hydrogen-bond acceptors (Lipinski definition) is 5. The van der Waals surface area contributed by atoms with E-state index in [0.717, 1.165) is 34.0 Å². The first-order chi connectivity index (χ1) is 13.7. The van der Waals surface area contributed by atoms with Gasteiger partial charge in [0, 0.05) is 23.5 Å². The van der Waals surface area contributed by atoms with Gasteiger partial charge in [0.05, 0.1) is 18.3 Å². The number of ether oxygens (including phenoxy) is 1. The van der Waals surface area contributed by atoms with Crippen molar-refractivity contribution in [2.45, 2.75) is 0 Å². The maximum Gasteiger partial charge on any atom is 0.358 e. The summed E-state index contributed by atoms with van der Waals surface area (Å²) in [5.74, 6) is -0.0590. The minimum absolute atomic E-state index is 0.0219. The van der Waals surface area contributed by atoms with Crippen LogP contribution in [0.1, 0.15) is 0 Å². The first kappa shape index (κ1) is 17.5. The molecule has 0 fully saturated rings. The number of carbonyl (C=O) groups excluding carboxylic acids is 1. The van der Waals surface area contributed by atoms with Gasteiger partial charge in [0.1, 0.15) is 6.26 Å². The number of esters is 1. The van der Waals surface area contributed by atoms with Crippen LogP contribution in [-0.2, 0) is 9.53 Å². The fourth-order valence-corrected chi connectivity index (χ4v) is 3.06. The standard InChI is InChI=1S/C22H17N3O3/c1-28-22(27)20(14-26)25-12-10-16-7-8-17(13-19(16)25)21-23-11-9-18(24-21)15-5-3-2-4-6-15/h2-14,26H,1H3. The molecule has 0 unspecified atom stereocenters. The van der Waals surface area contributed by atoms with Crippen molar-refractivity contribution in [1.82, 2.24) is 14.5 Å². The molecule has 0 aliphatic heterocycles. The van der Waals surface area contributed by atoms with Crippen LogP contribution in [0.4, 0.5) is 0 Å². The van der Waals surface area contributed by atoms with E-state index in [0.29, 0.717) is 5.82 Å². The Bertz CT molecular complexity index is 1180. The summed E-state index contributed by atoms with van der Waals surface area (Å²) in [7, 11) is 1.27. The number of fused-ring (bicyclic) bond motifs is 1. The largest absolute Gasteiger partial charge is 0.513 e. The fourth-order valence-electron chi connectivity index (χ4n) is 3.06. The third-order valence-electron chi connectivity index (χ3n) is 4.45. The van der Waals surface area contributed by atoms with Gasteiger partial charge >= 0.3 is 5.97 Å². The molecule has 2 aromatic heterocycles. The van der Waals surface area contributed by atoms with E-state index in [-0.39, 0.29) is 5.70 Å². The van der Waals surface area contributed by atoms with E-state index in [4.69, 9.17) is 4.74 Å². The molecule has 1 N–H and O–H groups in total. The molecule has 0 saturated heterocycles. The molecule has 2 aromatic carbocycles. The second-order valence-electron chi connectivity index (χ2n) is 6.10. The maximum absolute atomic E-state index is 11.9. The molecule has 0 saturated carbocycles. The van der Waals surface area contributed by atoms with Gasteiger partial charge in [0.15, 0.2) is 11.5 Å². The van der Waals surface area contributed by atoms with Crippen LogP contribution in [0.15, 0.2) is 79.3 Å². The van der Waals surface area contributed by atoms with Crippen LogP contribution in [0.5, 0.6) is 0 Å². The Balaban J connectivity index is 1.81. The normalized spacial score (nSPS) is 11.5. The van der Waals surface area contributed by atoms with Gasteiger partial charge in [0.2, 0.25) is 0 Å². The average Bonchev–Trinajstić information content (AvgIpc) is 3.18. The third-order valence-corrected chi connectivity index (χ3v) is 4.45. The van der Waals surface area contributed by atoms with Gasteiger partial charge in [-0.3, -0.25) is 0 Å². The summed E-state index contributed by atoms with van der Waals surface area (Å²) in [4.78, 5) is 21.0. The van der Waals surface area contributed by atoms with Crippen LogP contribution < -0.4 is 0 Å². The van der Waals surface area contributed by atoms with Crippen molar-refractivity contribution in [2.24, 2.45) is 0 Å². The van der Waals surface area contributed by atoms with Crippen molar-refractivity contribution in [1.29, 1.82) is 0 Å². The van der Waals surface area contributed by atoms with Gasteiger partial charge in [-0.1, -0.05) is 42.5 Å². The second kappa shape index (κ2) is 7.36. The zero-order valence-corrected chi connectivity index (χ0v) is 15.1.